The molecule has 3 rings (SSSR count). The summed E-state index contributed by atoms with van der Waals surface area (Å²) in [6, 6.07) is 4.07. The summed E-state index contributed by atoms with van der Waals surface area (Å²) in [5, 5.41) is 38.7. The molecule has 4 N–H and O–H groups in total. The van der Waals surface area contributed by atoms with E-state index in [2.05, 4.69) is 0 Å². The SMILES string of the molecule is OC[C@H]1S[C@@H](Oc2ccc(Cl)cc2Cc2c(F)c(F)cc(F)c2F)[C@H](O)[C@@H](O)[C@@H]1O. The fraction of sp³-hybridized carbons (Fsp3) is 0.368. The van der Waals surface area contributed by atoms with Gasteiger partial charge in [-0.2, -0.15) is 0 Å². The van der Waals surface area contributed by atoms with E-state index in [-0.39, 0.29) is 22.4 Å². The molecule has 5 nitrogen and oxygen atoms in total. The normalized spacial score (nSPS) is 26.6. The summed E-state index contributed by atoms with van der Waals surface area (Å²) in [6.07, 6.45) is -5.20. The first kappa shape index (κ1) is 23.1. The van der Waals surface area contributed by atoms with E-state index in [1.165, 1.54) is 18.2 Å². The lowest BCUT2D eigenvalue weighted by Gasteiger charge is -2.39. The predicted molar refractivity (Wildman–Crippen MR) is 101 cm³/mol. The summed E-state index contributed by atoms with van der Waals surface area (Å²) >= 11 is 6.78. The highest BCUT2D eigenvalue weighted by atomic mass is 35.5. The summed E-state index contributed by atoms with van der Waals surface area (Å²) < 4.78 is 60.9. The van der Waals surface area contributed by atoms with Crippen LogP contribution in [-0.4, -0.2) is 56.0 Å². The summed E-state index contributed by atoms with van der Waals surface area (Å²) in [6.45, 7) is -0.512. The Morgan fingerprint density at radius 1 is 0.933 bits per heavy atom. The average Bonchev–Trinajstić information content (AvgIpc) is 2.71. The zero-order valence-electron chi connectivity index (χ0n) is 15.1. The van der Waals surface area contributed by atoms with Crippen molar-refractivity contribution in [1.82, 2.24) is 0 Å². The summed E-state index contributed by atoms with van der Waals surface area (Å²) in [5.41, 5.74) is -1.99. The molecule has 164 valence electrons. The lowest BCUT2D eigenvalue weighted by molar-refractivity contribution is -0.0910. The van der Waals surface area contributed by atoms with Gasteiger partial charge >= 0.3 is 0 Å². The number of aliphatic hydroxyl groups excluding tert-OH is 4. The molecule has 11 heteroatoms. The Morgan fingerprint density at radius 2 is 1.57 bits per heavy atom. The van der Waals surface area contributed by atoms with Gasteiger partial charge in [0.2, 0.25) is 0 Å². The third kappa shape index (κ3) is 4.53. The molecule has 0 unspecified atom stereocenters. The van der Waals surface area contributed by atoms with Gasteiger partial charge in [0.05, 0.1) is 18.0 Å². The smallest absolute Gasteiger partial charge is 0.173 e. The van der Waals surface area contributed by atoms with Crippen molar-refractivity contribution in [2.45, 2.75) is 35.4 Å². The second kappa shape index (κ2) is 9.29. The van der Waals surface area contributed by atoms with Crippen molar-refractivity contribution in [3.05, 3.63) is 63.7 Å². The number of rotatable bonds is 5. The van der Waals surface area contributed by atoms with Gasteiger partial charge in [-0.3, -0.25) is 0 Å². The molecular weight excluding hydrogens is 452 g/mol. The number of benzene rings is 2. The van der Waals surface area contributed by atoms with Gasteiger partial charge in [-0.15, -0.1) is 11.8 Å². The van der Waals surface area contributed by atoms with Crippen LogP contribution in [-0.2, 0) is 6.42 Å². The molecule has 0 saturated carbocycles. The van der Waals surface area contributed by atoms with Crippen LogP contribution >= 0.6 is 23.4 Å². The standard InChI is InChI=1S/C19H17ClF4O5S/c20-8-1-2-12(29-19-18(28)17(27)16(26)13(6-25)30-19)7(3-8)4-9-14(23)10(21)5-11(22)15(9)24/h1-3,5,13,16-19,25-28H,4,6H2/t13-,16-,17+,18-,19-/m1/s1. The number of thioether (sulfide) groups is 1. The molecule has 1 aliphatic heterocycles. The fourth-order valence-corrected chi connectivity index (χ4v) is 4.49. The molecule has 2 aromatic rings. The molecule has 0 bridgehead atoms. The number of aliphatic hydroxyl groups is 4. The molecule has 0 spiro atoms. The topological polar surface area (TPSA) is 90.2 Å². The van der Waals surface area contributed by atoms with Crippen LogP contribution in [0.4, 0.5) is 17.6 Å². The van der Waals surface area contributed by atoms with Crippen LogP contribution in [0.1, 0.15) is 11.1 Å². The van der Waals surface area contributed by atoms with E-state index in [1.807, 2.05) is 0 Å². The Kier molecular flexibility index (Phi) is 7.16. The maximum atomic E-state index is 14.1. The number of ether oxygens (including phenoxy) is 1. The van der Waals surface area contributed by atoms with E-state index in [9.17, 15) is 38.0 Å². The largest absolute Gasteiger partial charge is 0.477 e. The van der Waals surface area contributed by atoms with Crippen molar-refractivity contribution in [3.8, 4) is 5.75 Å². The van der Waals surface area contributed by atoms with E-state index < -0.39 is 70.9 Å². The summed E-state index contributed by atoms with van der Waals surface area (Å²) in [7, 11) is 0. The van der Waals surface area contributed by atoms with Gasteiger partial charge in [-0.25, -0.2) is 17.6 Å². The Hall–Kier alpha value is -1.56. The minimum atomic E-state index is -1.61. The van der Waals surface area contributed by atoms with Gasteiger partial charge in [0.25, 0.3) is 0 Å². The van der Waals surface area contributed by atoms with Crippen LogP contribution in [0.3, 0.4) is 0 Å². The number of halogens is 5. The van der Waals surface area contributed by atoms with E-state index >= 15 is 0 Å². The van der Waals surface area contributed by atoms with Gasteiger partial charge in [0.1, 0.15) is 18.0 Å². The second-order valence-corrected chi connectivity index (χ2v) is 8.47. The van der Waals surface area contributed by atoms with Crippen LogP contribution in [0, 0.1) is 23.3 Å². The Balaban J connectivity index is 1.94. The van der Waals surface area contributed by atoms with Crippen molar-refractivity contribution in [2.24, 2.45) is 0 Å². The van der Waals surface area contributed by atoms with Crippen molar-refractivity contribution >= 4 is 23.4 Å². The highest BCUT2D eigenvalue weighted by Gasteiger charge is 2.44. The van der Waals surface area contributed by atoms with Crippen LogP contribution in [0.25, 0.3) is 0 Å². The van der Waals surface area contributed by atoms with Crippen LogP contribution in [0.2, 0.25) is 5.02 Å². The molecule has 5 atom stereocenters. The van der Waals surface area contributed by atoms with Gasteiger partial charge in [0, 0.05) is 28.6 Å². The first-order chi connectivity index (χ1) is 14.1. The predicted octanol–water partition coefficient (Wildman–Crippen LogP) is 2.38. The third-order valence-electron chi connectivity index (χ3n) is 4.68. The lowest BCUT2D eigenvalue weighted by atomic mass is 10.0. The van der Waals surface area contributed by atoms with E-state index in [1.54, 1.807) is 0 Å². The van der Waals surface area contributed by atoms with Crippen molar-refractivity contribution in [2.75, 3.05) is 6.61 Å². The van der Waals surface area contributed by atoms with Gasteiger partial charge < -0.3 is 25.2 Å². The van der Waals surface area contributed by atoms with Crippen LogP contribution in [0.15, 0.2) is 24.3 Å². The van der Waals surface area contributed by atoms with E-state index in [0.717, 1.165) is 11.8 Å². The molecule has 0 aliphatic carbocycles. The highest BCUT2D eigenvalue weighted by molar-refractivity contribution is 8.00. The first-order valence-electron chi connectivity index (χ1n) is 8.71. The van der Waals surface area contributed by atoms with Crippen molar-refractivity contribution in [1.29, 1.82) is 0 Å². The third-order valence-corrected chi connectivity index (χ3v) is 6.34. The zero-order chi connectivity index (χ0) is 22.2. The Labute approximate surface area is 177 Å². The van der Waals surface area contributed by atoms with E-state index in [4.69, 9.17) is 16.3 Å². The molecule has 1 heterocycles. The Morgan fingerprint density at radius 3 is 2.17 bits per heavy atom. The fourth-order valence-electron chi connectivity index (χ4n) is 3.06. The Bertz CT molecular complexity index is 906. The summed E-state index contributed by atoms with van der Waals surface area (Å²) in [4.78, 5) is 0. The molecular formula is C19H17ClF4O5S. The van der Waals surface area contributed by atoms with Crippen molar-refractivity contribution in [3.63, 3.8) is 0 Å². The van der Waals surface area contributed by atoms with Gasteiger partial charge in [-0.1, -0.05) is 11.6 Å². The van der Waals surface area contributed by atoms with Gasteiger partial charge in [0.15, 0.2) is 28.7 Å². The maximum absolute atomic E-state index is 14.1. The molecule has 30 heavy (non-hydrogen) atoms. The van der Waals surface area contributed by atoms with Crippen LogP contribution < -0.4 is 4.74 Å². The molecule has 1 fully saturated rings. The average molecular weight is 469 g/mol. The minimum absolute atomic E-state index is 0.0281. The molecule has 1 aliphatic rings. The monoisotopic (exact) mass is 468 g/mol. The molecule has 0 radical (unpaired) electrons. The quantitative estimate of drug-likeness (QED) is 0.398. The maximum Gasteiger partial charge on any atom is 0.173 e. The van der Waals surface area contributed by atoms with Crippen molar-refractivity contribution < 1.29 is 42.7 Å². The first-order valence-corrected chi connectivity index (χ1v) is 10.0. The molecule has 1 saturated heterocycles. The lowest BCUT2D eigenvalue weighted by Crippen LogP contribution is -2.55. The molecule has 0 aromatic heterocycles. The minimum Gasteiger partial charge on any atom is -0.477 e. The molecule has 0 amide bonds. The molecule has 2 aromatic carbocycles. The number of hydrogen-bond donors (Lipinski definition) is 4. The van der Waals surface area contributed by atoms with Gasteiger partial charge in [-0.05, 0) is 18.2 Å². The number of hydrogen-bond acceptors (Lipinski definition) is 6. The van der Waals surface area contributed by atoms with Crippen LogP contribution in [0.5, 0.6) is 5.75 Å². The second-order valence-electron chi connectivity index (χ2n) is 6.69. The summed E-state index contributed by atoms with van der Waals surface area (Å²) in [5.74, 6) is -6.28. The van der Waals surface area contributed by atoms with E-state index in [0.29, 0.717) is 0 Å². The highest BCUT2D eigenvalue weighted by Crippen LogP contribution is 2.36. The zero-order valence-corrected chi connectivity index (χ0v) is 16.7.